The molecule has 110 valence electrons. The monoisotopic (exact) mass is 278 g/mol. The normalized spacial score (nSPS) is 23.5. The Morgan fingerprint density at radius 2 is 2.00 bits per heavy atom. The number of aryl methyl sites for hydroxylation is 1. The van der Waals surface area contributed by atoms with Crippen molar-refractivity contribution in [2.75, 3.05) is 19.6 Å². The van der Waals surface area contributed by atoms with E-state index in [9.17, 15) is 9.90 Å². The Labute approximate surface area is 118 Å². The molecule has 20 heavy (non-hydrogen) atoms. The topological polar surface area (TPSA) is 71.2 Å². The molecule has 0 aromatic carbocycles. The highest BCUT2D eigenvalue weighted by Crippen LogP contribution is 2.25. The molecule has 1 N–H and O–H groups in total. The molecule has 0 amide bonds. The van der Waals surface area contributed by atoms with Gasteiger partial charge in [-0.1, -0.05) is 6.42 Å². The Bertz CT molecular complexity index is 480. The summed E-state index contributed by atoms with van der Waals surface area (Å²) in [6.45, 7) is 3.27. The van der Waals surface area contributed by atoms with E-state index >= 15 is 0 Å². The Morgan fingerprint density at radius 3 is 2.75 bits per heavy atom. The minimum atomic E-state index is -0.759. The van der Waals surface area contributed by atoms with Crippen molar-refractivity contribution < 1.29 is 9.90 Å². The third kappa shape index (κ3) is 2.70. The van der Waals surface area contributed by atoms with Crippen LogP contribution in [0.4, 0.5) is 0 Å². The number of fused-ring (bicyclic) bond motifs is 1. The van der Waals surface area contributed by atoms with Gasteiger partial charge in [0.25, 0.3) is 0 Å². The van der Waals surface area contributed by atoms with E-state index in [0.717, 1.165) is 50.5 Å². The van der Waals surface area contributed by atoms with E-state index in [1.807, 2.05) is 4.57 Å². The molecule has 3 rings (SSSR count). The van der Waals surface area contributed by atoms with Crippen LogP contribution in [-0.2, 0) is 17.6 Å². The number of aromatic nitrogens is 3. The summed E-state index contributed by atoms with van der Waals surface area (Å²) in [5, 5.41) is 17.8. The van der Waals surface area contributed by atoms with Gasteiger partial charge in [0.05, 0.1) is 0 Å². The molecular weight excluding hydrogens is 256 g/mol. The summed E-state index contributed by atoms with van der Waals surface area (Å²) >= 11 is 0. The van der Waals surface area contributed by atoms with Crippen molar-refractivity contribution in [1.29, 1.82) is 0 Å². The largest absolute Gasteiger partial charge is 0.480 e. The molecule has 2 aliphatic heterocycles. The standard InChI is InChI=1S/C14H22N4O2/c19-14(20)11-5-4-6-12-15-16-13(18(11)12)7-10-17-8-2-1-3-9-17/h11H,1-10H2,(H,19,20). The van der Waals surface area contributed by atoms with Crippen molar-refractivity contribution in [3.05, 3.63) is 11.6 Å². The van der Waals surface area contributed by atoms with Crippen molar-refractivity contribution in [3.63, 3.8) is 0 Å². The van der Waals surface area contributed by atoms with Gasteiger partial charge < -0.3 is 14.6 Å². The summed E-state index contributed by atoms with van der Waals surface area (Å²) < 4.78 is 1.87. The summed E-state index contributed by atoms with van der Waals surface area (Å²) in [4.78, 5) is 13.8. The maximum Gasteiger partial charge on any atom is 0.326 e. The lowest BCUT2D eigenvalue weighted by Gasteiger charge is -2.27. The summed E-state index contributed by atoms with van der Waals surface area (Å²) in [7, 11) is 0. The van der Waals surface area contributed by atoms with Crippen LogP contribution >= 0.6 is 0 Å². The molecule has 0 bridgehead atoms. The Kier molecular flexibility index (Phi) is 4.00. The van der Waals surface area contributed by atoms with Crippen molar-refractivity contribution >= 4 is 5.97 Å². The Balaban J connectivity index is 1.70. The van der Waals surface area contributed by atoms with Crippen LogP contribution in [0.15, 0.2) is 0 Å². The third-order valence-corrected chi connectivity index (χ3v) is 4.41. The van der Waals surface area contributed by atoms with Gasteiger partial charge in [0, 0.05) is 19.4 Å². The van der Waals surface area contributed by atoms with Gasteiger partial charge in [0.1, 0.15) is 17.7 Å². The van der Waals surface area contributed by atoms with E-state index in [2.05, 4.69) is 15.1 Å². The fraction of sp³-hybridized carbons (Fsp3) is 0.786. The van der Waals surface area contributed by atoms with Crippen LogP contribution in [0.1, 0.15) is 49.8 Å². The number of nitrogens with zero attached hydrogens (tertiary/aromatic N) is 4. The number of carboxylic acids is 1. The molecule has 0 aliphatic carbocycles. The molecule has 6 nitrogen and oxygen atoms in total. The average molecular weight is 278 g/mol. The smallest absolute Gasteiger partial charge is 0.326 e. The number of hydrogen-bond acceptors (Lipinski definition) is 4. The third-order valence-electron chi connectivity index (χ3n) is 4.41. The number of likely N-dealkylation sites (tertiary alicyclic amines) is 1. The van der Waals surface area contributed by atoms with Crippen LogP contribution < -0.4 is 0 Å². The summed E-state index contributed by atoms with van der Waals surface area (Å²) in [5.74, 6) is 0.931. The molecule has 1 saturated heterocycles. The van der Waals surface area contributed by atoms with E-state index in [1.54, 1.807) is 0 Å². The molecule has 1 aromatic heterocycles. The molecule has 6 heteroatoms. The lowest BCUT2D eigenvalue weighted by molar-refractivity contribution is -0.141. The van der Waals surface area contributed by atoms with Crippen LogP contribution in [0.5, 0.6) is 0 Å². The highest BCUT2D eigenvalue weighted by molar-refractivity contribution is 5.72. The zero-order chi connectivity index (χ0) is 13.9. The average Bonchev–Trinajstić information content (AvgIpc) is 2.89. The van der Waals surface area contributed by atoms with Crippen LogP contribution in [0, 0.1) is 0 Å². The van der Waals surface area contributed by atoms with Gasteiger partial charge in [0.2, 0.25) is 0 Å². The molecule has 1 unspecified atom stereocenters. The van der Waals surface area contributed by atoms with Gasteiger partial charge in [-0.15, -0.1) is 10.2 Å². The molecule has 0 spiro atoms. The first-order valence-electron chi connectivity index (χ1n) is 7.63. The van der Waals surface area contributed by atoms with Crippen LogP contribution in [0.25, 0.3) is 0 Å². The van der Waals surface area contributed by atoms with Gasteiger partial charge in [-0.2, -0.15) is 0 Å². The van der Waals surface area contributed by atoms with Crippen LogP contribution in [0.2, 0.25) is 0 Å². The fourth-order valence-corrected chi connectivity index (χ4v) is 3.32. The quantitative estimate of drug-likeness (QED) is 0.898. The van der Waals surface area contributed by atoms with E-state index in [0.29, 0.717) is 6.42 Å². The van der Waals surface area contributed by atoms with Gasteiger partial charge in [-0.3, -0.25) is 0 Å². The Hall–Kier alpha value is -1.43. The maximum absolute atomic E-state index is 11.4. The molecule has 1 aromatic rings. The Morgan fingerprint density at radius 1 is 1.20 bits per heavy atom. The maximum atomic E-state index is 11.4. The predicted octanol–water partition coefficient (Wildman–Crippen LogP) is 1.27. The summed E-state index contributed by atoms with van der Waals surface area (Å²) in [5.41, 5.74) is 0. The van der Waals surface area contributed by atoms with Gasteiger partial charge in [-0.05, 0) is 38.8 Å². The molecule has 1 fully saturated rings. The SMILES string of the molecule is O=C(O)C1CCCc2nnc(CCN3CCCCC3)n21. The number of rotatable bonds is 4. The van der Waals surface area contributed by atoms with Crippen molar-refractivity contribution in [3.8, 4) is 0 Å². The highest BCUT2D eigenvalue weighted by Gasteiger charge is 2.29. The first kappa shape index (κ1) is 13.5. The molecule has 2 aliphatic rings. The lowest BCUT2D eigenvalue weighted by Crippen LogP contribution is -2.33. The number of aliphatic carboxylic acids is 1. The molecule has 3 heterocycles. The van der Waals surface area contributed by atoms with Crippen molar-refractivity contribution in [2.45, 2.75) is 51.0 Å². The van der Waals surface area contributed by atoms with Gasteiger partial charge >= 0.3 is 5.97 Å². The minimum Gasteiger partial charge on any atom is -0.480 e. The second kappa shape index (κ2) is 5.91. The number of piperidine rings is 1. The first-order chi connectivity index (χ1) is 9.75. The number of carboxylic acid groups (broad SMARTS) is 1. The van der Waals surface area contributed by atoms with Gasteiger partial charge in [-0.25, -0.2) is 4.79 Å². The molecule has 0 radical (unpaired) electrons. The lowest BCUT2D eigenvalue weighted by atomic mass is 10.0. The first-order valence-corrected chi connectivity index (χ1v) is 7.63. The van der Waals surface area contributed by atoms with Crippen molar-refractivity contribution in [2.24, 2.45) is 0 Å². The van der Waals surface area contributed by atoms with E-state index in [4.69, 9.17) is 0 Å². The fourth-order valence-electron chi connectivity index (χ4n) is 3.32. The van der Waals surface area contributed by atoms with Crippen molar-refractivity contribution in [1.82, 2.24) is 19.7 Å². The molecule has 1 atom stereocenters. The summed E-state index contributed by atoms with van der Waals surface area (Å²) in [6, 6.07) is -0.467. The molecular formula is C14H22N4O2. The number of hydrogen-bond donors (Lipinski definition) is 1. The summed E-state index contributed by atoms with van der Waals surface area (Å²) in [6.07, 6.45) is 7.11. The number of carbonyl (C=O) groups is 1. The zero-order valence-corrected chi connectivity index (χ0v) is 11.8. The molecule has 0 saturated carbocycles. The van der Waals surface area contributed by atoms with Gasteiger partial charge in [0.15, 0.2) is 0 Å². The highest BCUT2D eigenvalue weighted by atomic mass is 16.4. The van der Waals surface area contributed by atoms with Crippen LogP contribution in [-0.4, -0.2) is 50.4 Å². The van der Waals surface area contributed by atoms with E-state index in [1.165, 1.54) is 19.3 Å². The second-order valence-electron chi connectivity index (χ2n) is 5.80. The second-order valence-corrected chi connectivity index (χ2v) is 5.80. The predicted molar refractivity (Wildman–Crippen MR) is 73.6 cm³/mol. The minimum absolute atomic E-state index is 0.467. The van der Waals surface area contributed by atoms with Crippen LogP contribution in [0.3, 0.4) is 0 Å². The van der Waals surface area contributed by atoms with E-state index < -0.39 is 12.0 Å². The van der Waals surface area contributed by atoms with E-state index in [-0.39, 0.29) is 0 Å². The zero-order valence-electron chi connectivity index (χ0n) is 11.8.